The Morgan fingerprint density at radius 1 is 1.00 bits per heavy atom. The molecule has 0 aliphatic heterocycles. The van der Waals surface area contributed by atoms with Gasteiger partial charge in [-0.15, -0.1) is 0 Å². The molecule has 7 heteroatoms. The van der Waals surface area contributed by atoms with Gasteiger partial charge in [-0.05, 0) is 36.8 Å². The van der Waals surface area contributed by atoms with Crippen LogP contribution in [-0.2, 0) is 16.6 Å². The molecule has 134 valence electrons. The zero-order chi connectivity index (χ0) is 18.6. The average molecular weight is 363 g/mol. The maximum atomic E-state index is 12.7. The van der Waals surface area contributed by atoms with E-state index in [9.17, 15) is 13.2 Å². The van der Waals surface area contributed by atoms with Crippen molar-refractivity contribution in [3.8, 4) is 11.5 Å². The molecule has 0 amide bonds. The minimum absolute atomic E-state index is 0.109. The van der Waals surface area contributed by atoms with E-state index < -0.39 is 10.0 Å². The molecule has 0 radical (unpaired) electrons. The lowest BCUT2D eigenvalue weighted by Gasteiger charge is -2.18. The summed E-state index contributed by atoms with van der Waals surface area (Å²) in [6, 6.07) is 11.2. The smallest absolute Gasteiger partial charge is 0.243 e. The van der Waals surface area contributed by atoms with Gasteiger partial charge in [0.2, 0.25) is 10.0 Å². The molecule has 0 N–H and O–H groups in total. The highest BCUT2D eigenvalue weighted by Gasteiger charge is 2.21. The summed E-state index contributed by atoms with van der Waals surface area (Å²) in [5.41, 5.74) is 1.24. The maximum Gasteiger partial charge on any atom is 0.243 e. The van der Waals surface area contributed by atoms with Crippen molar-refractivity contribution >= 4 is 15.8 Å². The second-order valence-corrected chi connectivity index (χ2v) is 7.58. The van der Waals surface area contributed by atoms with E-state index in [0.717, 1.165) is 5.56 Å². The van der Waals surface area contributed by atoms with E-state index in [1.807, 2.05) is 0 Å². The Kier molecular flexibility index (Phi) is 5.81. The van der Waals surface area contributed by atoms with Crippen LogP contribution in [-0.4, -0.2) is 39.8 Å². The van der Waals surface area contributed by atoms with Crippen molar-refractivity contribution in [3.05, 3.63) is 53.6 Å². The van der Waals surface area contributed by atoms with Gasteiger partial charge in [0.15, 0.2) is 17.3 Å². The molecule has 0 saturated carbocycles. The number of rotatable bonds is 7. The fourth-order valence-corrected chi connectivity index (χ4v) is 3.52. The minimum atomic E-state index is -3.66. The van der Waals surface area contributed by atoms with E-state index in [2.05, 4.69) is 0 Å². The lowest BCUT2D eigenvalue weighted by Crippen LogP contribution is -2.26. The van der Waals surface area contributed by atoms with Gasteiger partial charge in [-0.25, -0.2) is 8.42 Å². The van der Waals surface area contributed by atoms with Gasteiger partial charge in [0.05, 0.1) is 19.1 Å². The van der Waals surface area contributed by atoms with Crippen LogP contribution in [0.4, 0.5) is 0 Å². The van der Waals surface area contributed by atoms with Crippen LogP contribution in [0, 0.1) is 0 Å². The first-order chi connectivity index (χ1) is 11.8. The Morgan fingerprint density at radius 3 is 2.12 bits per heavy atom. The van der Waals surface area contributed by atoms with Gasteiger partial charge in [0.25, 0.3) is 0 Å². The number of methoxy groups -OCH3 is 2. The molecule has 0 aliphatic rings. The lowest BCUT2D eigenvalue weighted by molar-refractivity contribution is 0.101. The predicted molar refractivity (Wildman–Crippen MR) is 94.6 cm³/mol. The quantitative estimate of drug-likeness (QED) is 0.707. The number of benzene rings is 2. The highest BCUT2D eigenvalue weighted by Crippen LogP contribution is 2.28. The first-order valence-corrected chi connectivity index (χ1v) is 9.02. The van der Waals surface area contributed by atoms with Gasteiger partial charge in [0.1, 0.15) is 0 Å². The monoisotopic (exact) mass is 363 g/mol. The number of ether oxygens (including phenoxy) is 2. The predicted octanol–water partition coefficient (Wildman–Crippen LogP) is 2.73. The molecule has 0 aliphatic carbocycles. The van der Waals surface area contributed by atoms with Crippen molar-refractivity contribution in [2.24, 2.45) is 0 Å². The number of sulfonamides is 1. The second kappa shape index (κ2) is 7.67. The van der Waals surface area contributed by atoms with Crippen LogP contribution in [0.3, 0.4) is 0 Å². The largest absolute Gasteiger partial charge is 0.493 e. The van der Waals surface area contributed by atoms with E-state index >= 15 is 0 Å². The van der Waals surface area contributed by atoms with Gasteiger partial charge in [-0.3, -0.25) is 4.79 Å². The SMILES string of the molecule is COc1ccc(CN(C)S(=O)(=O)c2ccc(C(C)=O)cc2)cc1OC. The Labute approximate surface area is 148 Å². The van der Waals surface area contributed by atoms with E-state index in [-0.39, 0.29) is 17.2 Å². The Morgan fingerprint density at radius 2 is 1.60 bits per heavy atom. The molecule has 0 unspecified atom stereocenters. The van der Waals surface area contributed by atoms with Crippen LogP contribution in [0.2, 0.25) is 0 Å². The molecular formula is C18H21NO5S. The third-order valence-electron chi connectivity index (χ3n) is 3.82. The number of hydrogen-bond acceptors (Lipinski definition) is 5. The van der Waals surface area contributed by atoms with Crippen molar-refractivity contribution in [2.75, 3.05) is 21.3 Å². The van der Waals surface area contributed by atoms with Crippen LogP contribution in [0.25, 0.3) is 0 Å². The van der Waals surface area contributed by atoms with Gasteiger partial charge in [-0.2, -0.15) is 4.31 Å². The number of carbonyl (C=O) groups is 1. The van der Waals surface area contributed by atoms with Gasteiger partial charge in [0, 0.05) is 19.2 Å². The Balaban J connectivity index is 2.24. The van der Waals surface area contributed by atoms with Crippen molar-refractivity contribution in [1.29, 1.82) is 0 Å². The summed E-state index contributed by atoms with van der Waals surface area (Å²) in [6.07, 6.45) is 0. The third-order valence-corrected chi connectivity index (χ3v) is 5.64. The highest BCUT2D eigenvalue weighted by molar-refractivity contribution is 7.89. The topological polar surface area (TPSA) is 72.9 Å². The van der Waals surface area contributed by atoms with E-state index in [0.29, 0.717) is 17.1 Å². The first-order valence-electron chi connectivity index (χ1n) is 7.58. The lowest BCUT2D eigenvalue weighted by atomic mass is 10.2. The van der Waals surface area contributed by atoms with Gasteiger partial charge < -0.3 is 9.47 Å². The minimum Gasteiger partial charge on any atom is -0.493 e. The average Bonchev–Trinajstić information content (AvgIpc) is 2.61. The number of Topliss-reactive ketones (excluding diaryl/α,β-unsaturated/α-hetero) is 1. The summed E-state index contributed by atoms with van der Waals surface area (Å²) in [4.78, 5) is 11.5. The first kappa shape index (κ1) is 19.0. The van der Waals surface area contributed by atoms with E-state index in [1.54, 1.807) is 25.3 Å². The zero-order valence-electron chi connectivity index (χ0n) is 14.6. The van der Waals surface area contributed by atoms with Gasteiger partial charge >= 0.3 is 0 Å². The molecular weight excluding hydrogens is 342 g/mol. The standard InChI is InChI=1S/C18H21NO5S/c1-13(20)15-6-8-16(9-7-15)25(21,22)19(2)12-14-5-10-17(23-3)18(11-14)24-4/h5-11H,12H2,1-4H3. The summed E-state index contributed by atoms with van der Waals surface area (Å²) in [5, 5.41) is 0. The van der Waals surface area contributed by atoms with Crippen LogP contribution < -0.4 is 9.47 Å². The normalized spacial score (nSPS) is 11.4. The molecule has 0 bridgehead atoms. The number of ketones is 1. The van der Waals surface area contributed by atoms with E-state index in [4.69, 9.17) is 9.47 Å². The second-order valence-electron chi connectivity index (χ2n) is 5.53. The van der Waals surface area contributed by atoms with Crippen LogP contribution in [0.15, 0.2) is 47.4 Å². The number of hydrogen-bond donors (Lipinski definition) is 0. The molecule has 0 atom stereocenters. The summed E-state index contributed by atoms with van der Waals surface area (Å²) in [6.45, 7) is 1.61. The summed E-state index contributed by atoms with van der Waals surface area (Å²) >= 11 is 0. The van der Waals surface area contributed by atoms with Crippen molar-refractivity contribution in [2.45, 2.75) is 18.4 Å². The zero-order valence-corrected chi connectivity index (χ0v) is 15.5. The van der Waals surface area contributed by atoms with Gasteiger partial charge in [-0.1, -0.05) is 18.2 Å². The maximum absolute atomic E-state index is 12.7. The van der Waals surface area contributed by atoms with Crippen LogP contribution in [0.1, 0.15) is 22.8 Å². The molecule has 0 spiro atoms. The summed E-state index contributed by atoms with van der Waals surface area (Å²) in [5.74, 6) is 1.01. The molecule has 6 nitrogen and oxygen atoms in total. The fraction of sp³-hybridized carbons (Fsp3) is 0.278. The molecule has 0 fully saturated rings. The molecule has 2 aromatic carbocycles. The highest BCUT2D eigenvalue weighted by atomic mass is 32.2. The molecule has 2 rings (SSSR count). The van der Waals surface area contributed by atoms with E-state index in [1.165, 1.54) is 49.7 Å². The van der Waals surface area contributed by atoms with Crippen LogP contribution in [0.5, 0.6) is 11.5 Å². The van der Waals surface area contributed by atoms with Crippen molar-refractivity contribution < 1.29 is 22.7 Å². The molecule has 0 heterocycles. The molecule has 2 aromatic rings. The molecule has 25 heavy (non-hydrogen) atoms. The number of nitrogens with zero attached hydrogens (tertiary/aromatic N) is 1. The third kappa shape index (κ3) is 4.18. The van der Waals surface area contributed by atoms with Crippen molar-refractivity contribution in [3.63, 3.8) is 0 Å². The Bertz CT molecular complexity index is 860. The molecule has 0 saturated heterocycles. The Hall–Kier alpha value is -2.38. The van der Waals surface area contributed by atoms with Crippen LogP contribution >= 0.6 is 0 Å². The molecule has 0 aromatic heterocycles. The number of carbonyl (C=O) groups excluding carboxylic acids is 1. The summed E-state index contributed by atoms with van der Waals surface area (Å²) in [7, 11) is 0.907. The van der Waals surface area contributed by atoms with Crippen molar-refractivity contribution in [1.82, 2.24) is 4.31 Å². The summed E-state index contributed by atoms with van der Waals surface area (Å²) < 4.78 is 37.0. The fourth-order valence-electron chi connectivity index (χ4n) is 2.36.